The van der Waals surface area contributed by atoms with E-state index in [1.807, 2.05) is 12.1 Å². The summed E-state index contributed by atoms with van der Waals surface area (Å²) >= 11 is 0. The Morgan fingerprint density at radius 1 is 1.53 bits per heavy atom. The average molecular weight is 208 g/mol. The molecule has 1 aromatic heterocycles. The van der Waals surface area contributed by atoms with E-state index in [1.54, 1.807) is 6.26 Å². The smallest absolute Gasteiger partial charge is 0.149 e. The van der Waals surface area contributed by atoms with Gasteiger partial charge in [-0.05, 0) is 18.6 Å². The van der Waals surface area contributed by atoms with Crippen LogP contribution < -0.4 is 5.73 Å². The second-order valence-corrected chi connectivity index (χ2v) is 3.55. The van der Waals surface area contributed by atoms with Crippen LogP contribution >= 0.6 is 0 Å². The van der Waals surface area contributed by atoms with Crippen molar-refractivity contribution in [3.63, 3.8) is 0 Å². The topological polar surface area (TPSA) is 42.4 Å². The van der Waals surface area contributed by atoms with Gasteiger partial charge in [-0.3, -0.25) is 0 Å². The van der Waals surface area contributed by atoms with E-state index in [-0.39, 0.29) is 0 Å². The molecule has 1 aromatic rings. The van der Waals surface area contributed by atoms with E-state index < -0.39 is 0 Å². The summed E-state index contributed by atoms with van der Waals surface area (Å²) < 4.78 is 5.32. The molecule has 0 aromatic carbocycles. The first-order chi connectivity index (χ1) is 7.29. The summed E-state index contributed by atoms with van der Waals surface area (Å²) in [6.07, 6.45) is 3.99. The molecule has 0 aliphatic rings. The lowest BCUT2D eigenvalue weighted by Gasteiger charge is -2.24. The molecule has 1 heterocycles. The van der Waals surface area contributed by atoms with Gasteiger partial charge in [0.05, 0.1) is 12.0 Å². The molecule has 3 heteroatoms. The largest absolute Gasteiger partial charge is 0.463 e. The highest BCUT2D eigenvalue weighted by Gasteiger charge is 2.10. The van der Waals surface area contributed by atoms with E-state index in [1.165, 1.54) is 6.42 Å². The minimum atomic E-state index is 0.642. The number of furan rings is 1. The van der Waals surface area contributed by atoms with Gasteiger partial charge in [0, 0.05) is 19.6 Å². The van der Waals surface area contributed by atoms with Gasteiger partial charge in [0.1, 0.15) is 5.76 Å². The monoisotopic (exact) mass is 208 g/mol. The quantitative estimate of drug-likeness (QED) is 0.747. The SMILES string of the molecule is C=C(c1ccco1)N(CCN)CCCC. The van der Waals surface area contributed by atoms with Crippen molar-refractivity contribution in [2.45, 2.75) is 19.8 Å². The van der Waals surface area contributed by atoms with E-state index in [0.717, 1.165) is 31.0 Å². The molecule has 0 amide bonds. The second-order valence-electron chi connectivity index (χ2n) is 3.55. The van der Waals surface area contributed by atoms with Gasteiger partial charge in [-0.2, -0.15) is 0 Å². The van der Waals surface area contributed by atoms with E-state index >= 15 is 0 Å². The summed E-state index contributed by atoms with van der Waals surface area (Å²) in [5, 5.41) is 0. The Kier molecular flexibility index (Phi) is 4.98. The fourth-order valence-corrected chi connectivity index (χ4v) is 1.49. The van der Waals surface area contributed by atoms with Crippen LogP contribution in [0.2, 0.25) is 0 Å². The van der Waals surface area contributed by atoms with Crippen molar-refractivity contribution in [1.82, 2.24) is 4.90 Å². The van der Waals surface area contributed by atoms with Crippen LogP contribution in [0, 0.1) is 0 Å². The van der Waals surface area contributed by atoms with E-state index in [2.05, 4.69) is 18.4 Å². The predicted octanol–water partition coefficient (Wildman–Crippen LogP) is 2.31. The molecule has 0 radical (unpaired) electrons. The molecule has 0 spiro atoms. The van der Waals surface area contributed by atoms with Gasteiger partial charge in [-0.25, -0.2) is 0 Å². The maximum Gasteiger partial charge on any atom is 0.149 e. The number of unbranched alkanes of at least 4 members (excludes halogenated alkanes) is 1. The highest BCUT2D eigenvalue weighted by molar-refractivity contribution is 5.56. The van der Waals surface area contributed by atoms with Gasteiger partial charge in [0.25, 0.3) is 0 Å². The molecule has 0 bridgehead atoms. The van der Waals surface area contributed by atoms with E-state index in [9.17, 15) is 0 Å². The van der Waals surface area contributed by atoms with Crippen molar-refractivity contribution >= 4 is 5.70 Å². The number of hydrogen-bond acceptors (Lipinski definition) is 3. The summed E-state index contributed by atoms with van der Waals surface area (Å²) in [5.74, 6) is 0.833. The maximum atomic E-state index is 5.58. The van der Waals surface area contributed by atoms with Crippen LogP contribution in [0.15, 0.2) is 29.4 Å². The average Bonchev–Trinajstić information content (AvgIpc) is 2.76. The first-order valence-corrected chi connectivity index (χ1v) is 5.47. The maximum absolute atomic E-state index is 5.58. The highest BCUT2D eigenvalue weighted by atomic mass is 16.3. The third kappa shape index (κ3) is 3.44. The number of hydrogen-bond donors (Lipinski definition) is 1. The lowest BCUT2D eigenvalue weighted by atomic mass is 10.2. The van der Waals surface area contributed by atoms with E-state index in [4.69, 9.17) is 10.2 Å². The lowest BCUT2D eigenvalue weighted by molar-refractivity contribution is 0.384. The number of nitrogens with two attached hydrogens (primary N) is 1. The van der Waals surface area contributed by atoms with E-state index in [0.29, 0.717) is 6.54 Å². The summed E-state index contributed by atoms with van der Waals surface area (Å²) in [7, 11) is 0. The molecular formula is C12H20N2O. The van der Waals surface area contributed by atoms with Crippen molar-refractivity contribution in [2.24, 2.45) is 5.73 Å². The number of rotatable bonds is 7. The Labute approximate surface area is 91.6 Å². The van der Waals surface area contributed by atoms with Crippen LogP contribution in [-0.4, -0.2) is 24.5 Å². The minimum Gasteiger partial charge on any atom is -0.463 e. The Balaban J connectivity index is 2.58. The minimum absolute atomic E-state index is 0.642. The Hall–Kier alpha value is -1.22. The second kappa shape index (κ2) is 6.30. The van der Waals surface area contributed by atoms with Gasteiger partial charge in [-0.1, -0.05) is 19.9 Å². The van der Waals surface area contributed by atoms with Crippen LogP contribution in [0.3, 0.4) is 0 Å². The van der Waals surface area contributed by atoms with Crippen molar-refractivity contribution in [3.8, 4) is 0 Å². The zero-order chi connectivity index (χ0) is 11.1. The Morgan fingerprint density at radius 2 is 2.33 bits per heavy atom. The lowest BCUT2D eigenvalue weighted by Crippen LogP contribution is -2.28. The molecular weight excluding hydrogens is 188 g/mol. The first kappa shape index (κ1) is 11.9. The summed E-state index contributed by atoms with van der Waals surface area (Å²) in [6.45, 7) is 8.69. The summed E-state index contributed by atoms with van der Waals surface area (Å²) in [4.78, 5) is 2.18. The normalized spacial score (nSPS) is 10.3. The molecule has 0 aliphatic heterocycles. The molecule has 0 unspecified atom stereocenters. The molecule has 15 heavy (non-hydrogen) atoms. The molecule has 3 nitrogen and oxygen atoms in total. The molecule has 0 saturated carbocycles. The molecule has 2 N–H and O–H groups in total. The van der Waals surface area contributed by atoms with Crippen LogP contribution in [0.25, 0.3) is 5.70 Å². The van der Waals surface area contributed by atoms with Gasteiger partial charge in [0.15, 0.2) is 0 Å². The summed E-state index contributed by atoms with van der Waals surface area (Å²) in [5.41, 5.74) is 6.51. The zero-order valence-corrected chi connectivity index (χ0v) is 9.41. The third-order valence-electron chi connectivity index (χ3n) is 2.37. The van der Waals surface area contributed by atoms with Crippen LogP contribution in [0.5, 0.6) is 0 Å². The Bertz CT molecular complexity index is 280. The van der Waals surface area contributed by atoms with Crippen molar-refractivity contribution in [2.75, 3.05) is 19.6 Å². The standard InChI is InChI=1S/C12H20N2O/c1-3-4-8-14(9-7-13)11(2)12-6-5-10-15-12/h5-6,10H,2-4,7-9,13H2,1H3. The van der Waals surface area contributed by atoms with Crippen LogP contribution in [-0.2, 0) is 0 Å². The molecule has 1 rings (SSSR count). The Morgan fingerprint density at radius 3 is 2.87 bits per heavy atom. The van der Waals surface area contributed by atoms with Gasteiger partial charge in [0.2, 0.25) is 0 Å². The molecule has 0 fully saturated rings. The van der Waals surface area contributed by atoms with Crippen molar-refractivity contribution in [3.05, 3.63) is 30.7 Å². The molecule has 0 aliphatic carbocycles. The van der Waals surface area contributed by atoms with Gasteiger partial charge in [-0.15, -0.1) is 0 Å². The summed E-state index contributed by atoms with van der Waals surface area (Å²) in [6, 6.07) is 3.80. The van der Waals surface area contributed by atoms with Gasteiger partial charge >= 0.3 is 0 Å². The van der Waals surface area contributed by atoms with Crippen LogP contribution in [0.4, 0.5) is 0 Å². The molecule has 84 valence electrons. The zero-order valence-electron chi connectivity index (χ0n) is 9.41. The van der Waals surface area contributed by atoms with Crippen LogP contribution in [0.1, 0.15) is 25.5 Å². The number of nitrogens with zero attached hydrogens (tertiary/aromatic N) is 1. The predicted molar refractivity (Wildman–Crippen MR) is 63.3 cm³/mol. The van der Waals surface area contributed by atoms with Crippen molar-refractivity contribution < 1.29 is 4.42 Å². The third-order valence-corrected chi connectivity index (χ3v) is 2.37. The molecule has 0 atom stereocenters. The highest BCUT2D eigenvalue weighted by Crippen LogP contribution is 2.17. The van der Waals surface area contributed by atoms with Crippen molar-refractivity contribution in [1.29, 1.82) is 0 Å². The van der Waals surface area contributed by atoms with Gasteiger partial charge < -0.3 is 15.1 Å². The first-order valence-electron chi connectivity index (χ1n) is 5.47. The molecule has 0 saturated heterocycles. The fourth-order valence-electron chi connectivity index (χ4n) is 1.49. The fraction of sp³-hybridized carbons (Fsp3) is 0.500.